The van der Waals surface area contributed by atoms with E-state index in [0.29, 0.717) is 5.92 Å². The normalized spacial score (nSPS) is 21.2. The van der Waals surface area contributed by atoms with Gasteiger partial charge in [0.05, 0.1) is 5.39 Å². The molecular weight excluding hydrogens is 324 g/mol. The molecule has 3 aromatic rings. The van der Waals surface area contributed by atoms with Gasteiger partial charge in [0.2, 0.25) is 0 Å². The summed E-state index contributed by atoms with van der Waals surface area (Å²) < 4.78 is 2.26. The van der Waals surface area contributed by atoms with Crippen molar-refractivity contribution in [2.24, 2.45) is 5.92 Å². The van der Waals surface area contributed by atoms with Gasteiger partial charge in [-0.25, -0.2) is 4.98 Å². The van der Waals surface area contributed by atoms with Crippen LogP contribution in [0.25, 0.3) is 15.9 Å². The van der Waals surface area contributed by atoms with Crippen LogP contribution < -0.4 is 0 Å². The Morgan fingerprint density at radius 2 is 2.13 bits per heavy atom. The van der Waals surface area contributed by atoms with Gasteiger partial charge in [-0.05, 0) is 49.3 Å². The lowest BCUT2D eigenvalue weighted by Crippen LogP contribution is -2.09. The van der Waals surface area contributed by atoms with E-state index in [1.807, 2.05) is 11.3 Å². The zero-order chi connectivity index (χ0) is 15.6. The number of fused-ring (bicyclic) bond motifs is 5. The summed E-state index contributed by atoms with van der Waals surface area (Å²) in [6.45, 7) is 4.53. The first kappa shape index (κ1) is 14.2. The van der Waals surface area contributed by atoms with Crippen LogP contribution in [-0.4, -0.2) is 25.3 Å². The molecule has 6 heteroatoms. The van der Waals surface area contributed by atoms with Crippen LogP contribution in [0.1, 0.15) is 55.3 Å². The first-order valence-corrected chi connectivity index (χ1v) is 10.4. The van der Waals surface area contributed by atoms with Gasteiger partial charge in [-0.15, -0.1) is 21.5 Å². The number of thiophene rings is 1. The molecule has 2 aliphatic rings. The van der Waals surface area contributed by atoms with Gasteiger partial charge < -0.3 is 0 Å². The van der Waals surface area contributed by atoms with E-state index in [1.54, 1.807) is 11.8 Å². The molecule has 0 spiro atoms. The third-order valence-electron chi connectivity index (χ3n) is 5.01. The maximum absolute atomic E-state index is 5.10. The molecule has 0 aromatic carbocycles. The highest BCUT2D eigenvalue weighted by Crippen LogP contribution is 2.44. The molecule has 1 saturated carbocycles. The minimum atomic E-state index is 0.604. The molecule has 3 heterocycles. The molecule has 5 rings (SSSR count). The van der Waals surface area contributed by atoms with Gasteiger partial charge in [-0.3, -0.25) is 4.40 Å². The summed E-state index contributed by atoms with van der Waals surface area (Å²) in [5.74, 6) is 3.60. The van der Waals surface area contributed by atoms with E-state index in [4.69, 9.17) is 4.98 Å². The molecule has 0 amide bonds. The van der Waals surface area contributed by atoms with Crippen molar-refractivity contribution >= 4 is 39.0 Å². The molecule has 23 heavy (non-hydrogen) atoms. The van der Waals surface area contributed by atoms with E-state index in [-0.39, 0.29) is 0 Å². The van der Waals surface area contributed by atoms with E-state index in [1.165, 1.54) is 58.6 Å². The Bertz CT molecular complexity index is 906. The Labute approximate surface area is 143 Å². The van der Waals surface area contributed by atoms with Crippen LogP contribution in [0.15, 0.2) is 5.16 Å². The Kier molecular flexibility index (Phi) is 3.20. The molecule has 1 fully saturated rings. The molecule has 0 radical (unpaired) electrons. The van der Waals surface area contributed by atoms with Crippen LogP contribution in [0.3, 0.4) is 0 Å². The predicted octanol–water partition coefficient (Wildman–Crippen LogP) is 4.45. The number of hydrogen-bond donors (Lipinski definition) is 0. The molecule has 2 aliphatic carbocycles. The zero-order valence-electron chi connectivity index (χ0n) is 13.5. The summed E-state index contributed by atoms with van der Waals surface area (Å²) in [7, 11) is 0. The van der Waals surface area contributed by atoms with Crippen molar-refractivity contribution in [3.63, 3.8) is 0 Å². The second-order valence-electron chi connectivity index (χ2n) is 6.85. The van der Waals surface area contributed by atoms with Gasteiger partial charge in [0.1, 0.15) is 10.7 Å². The largest absolute Gasteiger partial charge is 0.257 e. The van der Waals surface area contributed by atoms with Gasteiger partial charge in [-0.1, -0.05) is 25.6 Å². The van der Waals surface area contributed by atoms with Crippen LogP contribution in [0, 0.1) is 5.92 Å². The highest BCUT2D eigenvalue weighted by atomic mass is 32.2. The second kappa shape index (κ2) is 5.18. The Morgan fingerprint density at radius 3 is 2.91 bits per heavy atom. The van der Waals surface area contributed by atoms with Crippen molar-refractivity contribution in [1.29, 1.82) is 0 Å². The molecule has 1 atom stereocenters. The summed E-state index contributed by atoms with van der Waals surface area (Å²) in [4.78, 5) is 7.83. The zero-order valence-corrected chi connectivity index (χ0v) is 15.1. The average Bonchev–Trinajstić information content (AvgIpc) is 3.20. The van der Waals surface area contributed by atoms with Gasteiger partial charge in [0, 0.05) is 10.8 Å². The molecule has 0 N–H and O–H groups in total. The fraction of sp³-hybridized carbons (Fsp3) is 0.588. The predicted molar refractivity (Wildman–Crippen MR) is 95.7 cm³/mol. The topological polar surface area (TPSA) is 43.1 Å². The van der Waals surface area contributed by atoms with Crippen LogP contribution in [0.2, 0.25) is 0 Å². The van der Waals surface area contributed by atoms with Crippen molar-refractivity contribution in [3.8, 4) is 0 Å². The summed E-state index contributed by atoms with van der Waals surface area (Å²) >= 11 is 3.67. The van der Waals surface area contributed by atoms with E-state index in [2.05, 4.69) is 28.4 Å². The van der Waals surface area contributed by atoms with E-state index < -0.39 is 0 Å². The number of hydrogen-bond acceptors (Lipinski definition) is 5. The smallest absolute Gasteiger partial charge is 0.197 e. The maximum atomic E-state index is 5.10. The number of rotatable bonds is 3. The van der Waals surface area contributed by atoms with Crippen LogP contribution in [0.4, 0.5) is 0 Å². The standard InChI is InChI=1S/C17H20N4S2/c1-3-22-17-20-19-15-13-11-7-4-9(2)8-12(11)23-16(13)18-14(21(15)17)10-5-6-10/h9-10H,3-8H2,1-2H3. The third-order valence-corrected chi connectivity index (χ3v) is 6.97. The average molecular weight is 345 g/mol. The number of thioether (sulfide) groups is 1. The highest BCUT2D eigenvalue weighted by molar-refractivity contribution is 7.99. The Morgan fingerprint density at radius 1 is 1.26 bits per heavy atom. The van der Waals surface area contributed by atoms with E-state index in [0.717, 1.165) is 22.5 Å². The molecule has 120 valence electrons. The second-order valence-corrected chi connectivity index (χ2v) is 9.17. The molecule has 3 aromatic heterocycles. The molecule has 4 nitrogen and oxygen atoms in total. The van der Waals surface area contributed by atoms with Crippen molar-refractivity contribution in [2.45, 2.75) is 57.0 Å². The lowest BCUT2D eigenvalue weighted by Gasteiger charge is -2.17. The van der Waals surface area contributed by atoms with Crippen molar-refractivity contribution in [3.05, 3.63) is 16.3 Å². The quantitative estimate of drug-likeness (QED) is 0.658. The van der Waals surface area contributed by atoms with E-state index in [9.17, 15) is 0 Å². The molecular formula is C17H20N4S2. The Balaban J connectivity index is 1.83. The first-order chi connectivity index (χ1) is 11.3. The molecule has 1 unspecified atom stereocenters. The molecule has 0 saturated heterocycles. The van der Waals surface area contributed by atoms with Crippen LogP contribution in [0.5, 0.6) is 0 Å². The minimum absolute atomic E-state index is 0.604. The number of aryl methyl sites for hydroxylation is 1. The van der Waals surface area contributed by atoms with Crippen LogP contribution >= 0.6 is 23.1 Å². The van der Waals surface area contributed by atoms with Crippen molar-refractivity contribution in [1.82, 2.24) is 19.6 Å². The lowest BCUT2D eigenvalue weighted by molar-refractivity contribution is 0.509. The van der Waals surface area contributed by atoms with Crippen LogP contribution in [-0.2, 0) is 12.8 Å². The van der Waals surface area contributed by atoms with Gasteiger partial charge in [0.25, 0.3) is 0 Å². The minimum Gasteiger partial charge on any atom is -0.257 e. The molecule has 0 aliphatic heterocycles. The maximum Gasteiger partial charge on any atom is 0.197 e. The summed E-state index contributed by atoms with van der Waals surface area (Å²) in [6, 6.07) is 0. The molecule has 0 bridgehead atoms. The van der Waals surface area contributed by atoms with Crippen molar-refractivity contribution < 1.29 is 0 Å². The monoisotopic (exact) mass is 344 g/mol. The third kappa shape index (κ3) is 2.14. The summed E-state index contributed by atoms with van der Waals surface area (Å²) in [5.41, 5.74) is 2.56. The SMILES string of the molecule is CCSc1nnc2c3c4c(sc3nc(C3CC3)n12)CC(C)CC4. The summed E-state index contributed by atoms with van der Waals surface area (Å²) in [6.07, 6.45) is 6.15. The number of nitrogens with zero attached hydrogens (tertiary/aromatic N) is 4. The van der Waals surface area contributed by atoms with E-state index >= 15 is 0 Å². The van der Waals surface area contributed by atoms with Gasteiger partial charge in [-0.2, -0.15) is 0 Å². The van der Waals surface area contributed by atoms with Gasteiger partial charge in [0.15, 0.2) is 10.8 Å². The lowest BCUT2D eigenvalue weighted by atomic mass is 9.89. The summed E-state index contributed by atoms with van der Waals surface area (Å²) in [5, 5.41) is 11.4. The fourth-order valence-corrected chi connectivity index (χ4v) is 5.73. The number of aromatic nitrogens is 4. The first-order valence-electron chi connectivity index (χ1n) is 8.58. The van der Waals surface area contributed by atoms with Gasteiger partial charge >= 0.3 is 0 Å². The van der Waals surface area contributed by atoms with Crippen molar-refractivity contribution in [2.75, 3.05) is 5.75 Å². The fourth-order valence-electron chi connectivity index (χ4n) is 3.68. The highest BCUT2D eigenvalue weighted by Gasteiger charge is 2.32. The Hall–Kier alpha value is -1.14.